The Bertz CT molecular complexity index is 420. The highest BCUT2D eigenvalue weighted by atomic mass is 16.5. The average Bonchev–Trinajstić information content (AvgIpc) is 3.20. The third-order valence-electron chi connectivity index (χ3n) is 3.34. The fourth-order valence-electron chi connectivity index (χ4n) is 2.27. The zero-order chi connectivity index (χ0) is 14.4. The van der Waals surface area contributed by atoms with Crippen LogP contribution in [0, 0.1) is 5.92 Å². The Morgan fingerprint density at radius 1 is 1.30 bits per heavy atom. The maximum atomic E-state index is 5.41. The molecule has 0 amide bonds. The van der Waals surface area contributed by atoms with E-state index < -0.39 is 0 Å². The smallest absolute Gasteiger partial charge is 0.158 e. The molecule has 1 saturated carbocycles. The summed E-state index contributed by atoms with van der Waals surface area (Å²) in [6, 6.07) is 2.43. The molecule has 2 rings (SSSR count). The lowest BCUT2D eigenvalue weighted by Gasteiger charge is -2.16. The van der Waals surface area contributed by atoms with Crippen molar-refractivity contribution in [3.05, 3.63) is 11.9 Å². The molecule has 0 aromatic carbocycles. The summed E-state index contributed by atoms with van der Waals surface area (Å²) in [6.45, 7) is 8.24. The van der Waals surface area contributed by atoms with E-state index in [0.717, 1.165) is 29.9 Å². The monoisotopic (exact) mass is 278 g/mol. The quantitative estimate of drug-likeness (QED) is 0.727. The number of nitrogens with one attached hydrogen (secondary N) is 2. The molecule has 1 fully saturated rings. The van der Waals surface area contributed by atoms with Crippen molar-refractivity contribution in [2.75, 3.05) is 23.8 Å². The third-order valence-corrected chi connectivity index (χ3v) is 3.34. The normalized spacial score (nSPS) is 15.9. The summed E-state index contributed by atoms with van der Waals surface area (Å²) >= 11 is 0. The molecule has 1 aromatic heterocycles. The number of ether oxygens (including phenoxy) is 1. The molecule has 1 aromatic rings. The molecule has 5 heteroatoms. The molecular weight excluding hydrogens is 252 g/mol. The van der Waals surface area contributed by atoms with Crippen molar-refractivity contribution >= 4 is 11.6 Å². The number of nitrogens with zero attached hydrogens (tertiary/aromatic N) is 2. The van der Waals surface area contributed by atoms with Crippen LogP contribution in [0.5, 0.6) is 0 Å². The summed E-state index contributed by atoms with van der Waals surface area (Å²) in [5, 5.41) is 6.73. The zero-order valence-corrected chi connectivity index (χ0v) is 12.8. The summed E-state index contributed by atoms with van der Waals surface area (Å²) in [5.74, 6) is 3.39. The van der Waals surface area contributed by atoms with E-state index >= 15 is 0 Å². The fraction of sp³-hybridized carbons (Fsp3) is 0.733. The second-order valence-corrected chi connectivity index (χ2v) is 5.45. The molecular formula is C15H26N4O. The second kappa shape index (κ2) is 7.43. The number of aromatic nitrogens is 2. The topological polar surface area (TPSA) is 59.1 Å². The molecule has 2 N–H and O–H groups in total. The van der Waals surface area contributed by atoms with Gasteiger partial charge in [0.2, 0.25) is 0 Å². The molecule has 5 nitrogen and oxygen atoms in total. The lowest BCUT2D eigenvalue weighted by molar-refractivity contribution is 0.128. The van der Waals surface area contributed by atoms with Gasteiger partial charge in [0.05, 0.1) is 0 Å². The van der Waals surface area contributed by atoms with Gasteiger partial charge >= 0.3 is 0 Å². The first-order valence-corrected chi connectivity index (χ1v) is 7.67. The molecule has 0 spiro atoms. The Balaban J connectivity index is 2.01. The van der Waals surface area contributed by atoms with Crippen molar-refractivity contribution in [2.24, 2.45) is 5.92 Å². The number of hydrogen-bond acceptors (Lipinski definition) is 5. The molecule has 0 radical (unpaired) electrons. The van der Waals surface area contributed by atoms with Crippen LogP contribution < -0.4 is 10.6 Å². The van der Waals surface area contributed by atoms with E-state index in [0.29, 0.717) is 19.3 Å². The lowest BCUT2D eigenvalue weighted by Crippen LogP contribution is -2.18. The van der Waals surface area contributed by atoms with Crippen molar-refractivity contribution in [3.63, 3.8) is 0 Å². The summed E-state index contributed by atoms with van der Waals surface area (Å²) in [7, 11) is 0. The summed E-state index contributed by atoms with van der Waals surface area (Å²) in [4.78, 5) is 8.99. The van der Waals surface area contributed by atoms with Gasteiger partial charge in [0, 0.05) is 25.3 Å². The van der Waals surface area contributed by atoms with Gasteiger partial charge in [-0.3, -0.25) is 0 Å². The molecule has 1 heterocycles. The lowest BCUT2D eigenvalue weighted by atomic mass is 10.1. The van der Waals surface area contributed by atoms with Gasteiger partial charge in [-0.25, -0.2) is 9.97 Å². The van der Waals surface area contributed by atoms with Crippen LogP contribution >= 0.6 is 0 Å². The first kappa shape index (κ1) is 15.0. The van der Waals surface area contributed by atoms with Gasteiger partial charge in [0.1, 0.15) is 18.2 Å². The van der Waals surface area contributed by atoms with Crippen molar-refractivity contribution in [1.29, 1.82) is 0 Å². The van der Waals surface area contributed by atoms with Gasteiger partial charge in [-0.2, -0.15) is 0 Å². The van der Waals surface area contributed by atoms with Crippen LogP contribution in [0.4, 0.5) is 11.6 Å². The summed E-state index contributed by atoms with van der Waals surface area (Å²) in [6.07, 6.45) is 3.99. The molecule has 0 saturated heterocycles. The number of rotatable bonds is 9. The van der Waals surface area contributed by atoms with Gasteiger partial charge in [-0.05, 0) is 33.1 Å². The minimum atomic E-state index is 0.451. The minimum Gasteiger partial charge on any atom is -0.374 e. The highest BCUT2D eigenvalue weighted by Gasteiger charge is 2.23. The van der Waals surface area contributed by atoms with E-state index in [4.69, 9.17) is 4.74 Å². The van der Waals surface area contributed by atoms with Gasteiger partial charge in [-0.1, -0.05) is 12.8 Å². The van der Waals surface area contributed by atoms with Crippen LogP contribution in [0.25, 0.3) is 0 Å². The van der Waals surface area contributed by atoms with Crippen LogP contribution in [-0.2, 0) is 11.3 Å². The van der Waals surface area contributed by atoms with E-state index in [-0.39, 0.29) is 0 Å². The second-order valence-electron chi connectivity index (χ2n) is 5.45. The Morgan fingerprint density at radius 2 is 2.05 bits per heavy atom. The number of anilines is 2. The van der Waals surface area contributed by atoms with Gasteiger partial charge in [0.25, 0.3) is 0 Å². The van der Waals surface area contributed by atoms with E-state index in [2.05, 4.69) is 34.4 Å². The van der Waals surface area contributed by atoms with E-state index in [1.165, 1.54) is 19.3 Å². The summed E-state index contributed by atoms with van der Waals surface area (Å²) in [5.41, 5.74) is 0. The van der Waals surface area contributed by atoms with Crippen molar-refractivity contribution in [1.82, 2.24) is 9.97 Å². The fourth-order valence-corrected chi connectivity index (χ4v) is 2.27. The van der Waals surface area contributed by atoms with Crippen LogP contribution in [0.2, 0.25) is 0 Å². The molecule has 1 unspecified atom stereocenters. The average molecular weight is 278 g/mol. The van der Waals surface area contributed by atoms with Crippen molar-refractivity contribution in [3.8, 4) is 0 Å². The zero-order valence-electron chi connectivity index (χ0n) is 12.8. The Kier molecular flexibility index (Phi) is 5.59. The van der Waals surface area contributed by atoms with E-state index in [9.17, 15) is 0 Å². The largest absolute Gasteiger partial charge is 0.374 e. The van der Waals surface area contributed by atoms with Gasteiger partial charge in [-0.15, -0.1) is 0 Å². The van der Waals surface area contributed by atoms with Gasteiger partial charge in [0.15, 0.2) is 5.82 Å². The predicted octanol–water partition coefficient (Wildman–Crippen LogP) is 3.05. The molecule has 112 valence electrons. The van der Waals surface area contributed by atoms with Crippen molar-refractivity contribution in [2.45, 2.75) is 52.7 Å². The highest BCUT2D eigenvalue weighted by molar-refractivity contribution is 5.48. The molecule has 1 atom stereocenters. The van der Waals surface area contributed by atoms with E-state index in [1.807, 2.05) is 13.0 Å². The minimum absolute atomic E-state index is 0.451. The molecule has 0 aliphatic heterocycles. The summed E-state index contributed by atoms with van der Waals surface area (Å²) < 4.78 is 5.41. The Hall–Kier alpha value is -1.36. The maximum absolute atomic E-state index is 5.41. The van der Waals surface area contributed by atoms with E-state index in [1.54, 1.807) is 0 Å². The van der Waals surface area contributed by atoms with Gasteiger partial charge < -0.3 is 15.4 Å². The van der Waals surface area contributed by atoms with Crippen LogP contribution in [-0.4, -0.2) is 29.2 Å². The SMILES string of the molecule is CCNc1cc(NC(C)CC2CC2)nc(COCC)n1. The van der Waals surface area contributed by atoms with Crippen LogP contribution in [0.15, 0.2) is 6.07 Å². The number of hydrogen-bond donors (Lipinski definition) is 2. The van der Waals surface area contributed by atoms with Crippen LogP contribution in [0.3, 0.4) is 0 Å². The Labute approximate surface area is 121 Å². The first-order chi connectivity index (χ1) is 9.71. The molecule has 1 aliphatic carbocycles. The Morgan fingerprint density at radius 3 is 2.70 bits per heavy atom. The predicted molar refractivity (Wildman–Crippen MR) is 82.0 cm³/mol. The first-order valence-electron chi connectivity index (χ1n) is 7.67. The molecule has 0 bridgehead atoms. The maximum Gasteiger partial charge on any atom is 0.158 e. The third kappa shape index (κ3) is 4.96. The highest BCUT2D eigenvalue weighted by Crippen LogP contribution is 2.34. The van der Waals surface area contributed by atoms with Crippen LogP contribution in [0.1, 0.15) is 45.9 Å². The van der Waals surface area contributed by atoms with Crippen molar-refractivity contribution < 1.29 is 4.74 Å². The standard InChI is InChI=1S/C15H26N4O/c1-4-16-13-9-14(17-11(3)8-12-6-7-12)19-15(18-13)10-20-5-2/h9,11-12H,4-8,10H2,1-3H3,(H2,16,17,18,19). The molecule has 20 heavy (non-hydrogen) atoms. The molecule has 1 aliphatic rings.